The topological polar surface area (TPSA) is 82.8 Å². The lowest BCUT2D eigenvalue weighted by Gasteiger charge is -2.28. The van der Waals surface area contributed by atoms with Crippen molar-refractivity contribution in [2.24, 2.45) is 0 Å². The number of hydrogen-bond donors (Lipinski definition) is 0. The lowest BCUT2D eigenvalue weighted by atomic mass is 10.1. The number of hydrogen-bond acceptors (Lipinski definition) is 7. The summed E-state index contributed by atoms with van der Waals surface area (Å²) < 4.78 is 1.06. The van der Waals surface area contributed by atoms with Crippen LogP contribution in [0.25, 0.3) is 10.2 Å². The quantitative estimate of drug-likeness (QED) is 0.268. The first kappa shape index (κ1) is 26.0. The van der Waals surface area contributed by atoms with Gasteiger partial charge >= 0.3 is 0 Å². The minimum atomic E-state index is -0.370. The van der Waals surface area contributed by atoms with E-state index in [2.05, 4.69) is 36.6 Å². The summed E-state index contributed by atoms with van der Waals surface area (Å²) in [6, 6.07) is 9.07. The molecule has 0 atom stereocenters. The highest BCUT2D eigenvalue weighted by atomic mass is 32.1. The summed E-state index contributed by atoms with van der Waals surface area (Å²) in [5.41, 5.74) is 4.03. The van der Waals surface area contributed by atoms with Crippen molar-refractivity contribution in [2.45, 2.75) is 47.0 Å². The molecule has 9 heteroatoms. The Bertz CT molecular complexity index is 1250. The standard InChI is InChI=1S/C27H35N5O3S/c1-5-29(6-2)14-15-31(27-28-22-17-19(3)16-20(4)25(22)36-27)26(33)21-10-11-23(24(18-21)32(34)35)30-12-8-7-9-13-30/h10-11,16-18H,5-9,12-15H2,1-4H3. The summed E-state index contributed by atoms with van der Waals surface area (Å²) in [6.45, 7) is 12.8. The molecule has 0 spiro atoms. The van der Waals surface area contributed by atoms with Gasteiger partial charge in [-0.15, -0.1) is 0 Å². The average molecular weight is 510 g/mol. The second-order valence-electron chi connectivity index (χ2n) is 9.42. The van der Waals surface area contributed by atoms with E-state index in [1.807, 2.05) is 13.0 Å². The molecule has 1 aliphatic heterocycles. The molecule has 0 aliphatic carbocycles. The Morgan fingerprint density at radius 1 is 1.08 bits per heavy atom. The van der Waals surface area contributed by atoms with Crippen molar-refractivity contribution in [2.75, 3.05) is 49.1 Å². The molecule has 0 radical (unpaired) electrons. The van der Waals surface area contributed by atoms with Crippen molar-refractivity contribution >= 4 is 44.0 Å². The van der Waals surface area contributed by atoms with E-state index in [1.54, 1.807) is 17.0 Å². The third-order valence-corrected chi connectivity index (χ3v) is 8.16. The van der Waals surface area contributed by atoms with E-state index in [0.717, 1.165) is 66.8 Å². The second-order valence-corrected chi connectivity index (χ2v) is 10.4. The molecule has 36 heavy (non-hydrogen) atoms. The Labute approximate surface area is 216 Å². The largest absolute Gasteiger partial charge is 0.366 e. The first-order valence-corrected chi connectivity index (χ1v) is 13.6. The van der Waals surface area contributed by atoms with Gasteiger partial charge in [-0.2, -0.15) is 0 Å². The maximum atomic E-state index is 13.9. The monoisotopic (exact) mass is 509 g/mol. The zero-order valence-electron chi connectivity index (χ0n) is 21.6. The number of nitro groups is 1. The molecule has 2 aromatic carbocycles. The van der Waals surface area contributed by atoms with Gasteiger partial charge in [0.1, 0.15) is 5.69 Å². The maximum Gasteiger partial charge on any atom is 0.293 e. The van der Waals surface area contributed by atoms with Gasteiger partial charge in [-0.25, -0.2) is 4.98 Å². The molecular formula is C27H35N5O3S. The number of piperidine rings is 1. The third-order valence-electron chi connectivity index (χ3n) is 6.93. The van der Waals surface area contributed by atoms with Crippen LogP contribution in [-0.4, -0.2) is 60.0 Å². The number of aromatic nitrogens is 1. The van der Waals surface area contributed by atoms with Crippen molar-refractivity contribution in [3.63, 3.8) is 0 Å². The molecule has 192 valence electrons. The molecule has 2 heterocycles. The molecule has 0 saturated carbocycles. The SMILES string of the molecule is CCN(CC)CCN(C(=O)c1ccc(N2CCCCC2)c([N+](=O)[O-])c1)c1nc2cc(C)cc(C)c2s1. The fourth-order valence-electron chi connectivity index (χ4n) is 4.91. The molecule has 3 aromatic rings. The Balaban J connectivity index is 1.72. The lowest BCUT2D eigenvalue weighted by molar-refractivity contribution is -0.384. The number of anilines is 2. The summed E-state index contributed by atoms with van der Waals surface area (Å²) in [4.78, 5) is 36.3. The smallest absolute Gasteiger partial charge is 0.293 e. The Morgan fingerprint density at radius 2 is 1.81 bits per heavy atom. The molecular weight excluding hydrogens is 474 g/mol. The molecule has 4 rings (SSSR count). The molecule has 0 N–H and O–H groups in total. The number of nitrogens with zero attached hydrogens (tertiary/aromatic N) is 5. The van der Waals surface area contributed by atoms with E-state index in [1.165, 1.54) is 17.4 Å². The Morgan fingerprint density at radius 3 is 2.47 bits per heavy atom. The third kappa shape index (κ3) is 5.52. The Hall–Kier alpha value is -3.04. The van der Waals surface area contributed by atoms with E-state index in [-0.39, 0.29) is 16.5 Å². The number of nitro benzene ring substituents is 1. The van der Waals surface area contributed by atoms with Crippen LogP contribution in [0.4, 0.5) is 16.5 Å². The van der Waals surface area contributed by atoms with Gasteiger partial charge in [0.2, 0.25) is 0 Å². The van der Waals surface area contributed by atoms with Crippen LogP contribution in [0.2, 0.25) is 0 Å². The van der Waals surface area contributed by atoms with Crippen LogP contribution in [0.1, 0.15) is 54.6 Å². The van der Waals surface area contributed by atoms with Crippen LogP contribution in [0.15, 0.2) is 30.3 Å². The maximum absolute atomic E-state index is 13.9. The predicted octanol–water partition coefficient (Wildman–Crippen LogP) is 5.80. The fraction of sp³-hybridized carbons (Fsp3) is 0.481. The number of aryl methyl sites for hydroxylation is 2. The van der Waals surface area contributed by atoms with Gasteiger partial charge in [-0.3, -0.25) is 19.8 Å². The minimum absolute atomic E-state index is 0.0118. The van der Waals surface area contributed by atoms with Crippen LogP contribution in [0.5, 0.6) is 0 Å². The van der Waals surface area contributed by atoms with Crippen molar-refractivity contribution < 1.29 is 9.72 Å². The number of thiazole rings is 1. The van der Waals surface area contributed by atoms with Crippen molar-refractivity contribution in [3.8, 4) is 0 Å². The van der Waals surface area contributed by atoms with Crippen molar-refractivity contribution in [1.82, 2.24) is 9.88 Å². The van der Waals surface area contributed by atoms with Gasteiger partial charge in [0, 0.05) is 37.8 Å². The number of amides is 1. The van der Waals surface area contributed by atoms with Crippen LogP contribution in [0.3, 0.4) is 0 Å². The molecule has 0 bridgehead atoms. The molecule has 8 nitrogen and oxygen atoms in total. The van der Waals surface area contributed by atoms with Crippen LogP contribution in [0, 0.1) is 24.0 Å². The highest BCUT2D eigenvalue weighted by molar-refractivity contribution is 7.22. The first-order valence-electron chi connectivity index (χ1n) is 12.8. The summed E-state index contributed by atoms with van der Waals surface area (Å²) in [5, 5.41) is 12.6. The summed E-state index contributed by atoms with van der Waals surface area (Å²) in [5.74, 6) is -0.260. The van der Waals surface area contributed by atoms with E-state index < -0.39 is 0 Å². The molecule has 1 amide bonds. The molecule has 0 unspecified atom stereocenters. The first-order chi connectivity index (χ1) is 17.3. The summed E-state index contributed by atoms with van der Waals surface area (Å²) in [7, 11) is 0. The predicted molar refractivity (Wildman–Crippen MR) is 148 cm³/mol. The minimum Gasteiger partial charge on any atom is -0.366 e. The number of benzene rings is 2. The lowest BCUT2D eigenvalue weighted by Crippen LogP contribution is -2.39. The normalized spacial score (nSPS) is 14.0. The fourth-order valence-corrected chi connectivity index (χ4v) is 5.95. The van der Waals surface area contributed by atoms with Crippen molar-refractivity contribution in [1.29, 1.82) is 0 Å². The van der Waals surface area contributed by atoms with Gasteiger partial charge in [0.05, 0.1) is 15.1 Å². The van der Waals surface area contributed by atoms with E-state index in [9.17, 15) is 14.9 Å². The highest BCUT2D eigenvalue weighted by Gasteiger charge is 2.27. The van der Waals surface area contributed by atoms with Gasteiger partial charge in [-0.05, 0) is 75.5 Å². The number of rotatable bonds is 9. The van der Waals surface area contributed by atoms with Gasteiger partial charge in [0.15, 0.2) is 5.13 Å². The zero-order chi connectivity index (χ0) is 25.8. The summed E-state index contributed by atoms with van der Waals surface area (Å²) >= 11 is 1.50. The summed E-state index contributed by atoms with van der Waals surface area (Å²) in [6.07, 6.45) is 3.18. The molecule has 1 aliphatic rings. The molecule has 1 saturated heterocycles. The Kier molecular flexibility index (Phi) is 8.21. The van der Waals surface area contributed by atoms with Crippen molar-refractivity contribution in [3.05, 3.63) is 57.1 Å². The van der Waals surface area contributed by atoms with Crippen LogP contribution >= 0.6 is 11.3 Å². The average Bonchev–Trinajstić information content (AvgIpc) is 3.30. The highest BCUT2D eigenvalue weighted by Crippen LogP contribution is 2.35. The van der Waals surface area contributed by atoms with Crippen LogP contribution in [-0.2, 0) is 0 Å². The zero-order valence-corrected chi connectivity index (χ0v) is 22.4. The van der Waals surface area contributed by atoms with E-state index >= 15 is 0 Å². The van der Waals surface area contributed by atoms with Gasteiger partial charge in [0.25, 0.3) is 11.6 Å². The second kappa shape index (κ2) is 11.3. The van der Waals surface area contributed by atoms with Gasteiger partial charge < -0.3 is 9.80 Å². The molecule has 1 fully saturated rings. The van der Waals surface area contributed by atoms with Crippen LogP contribution < -0.4 is 9.80 Å². The number of carbonyl (C=O) groups excluding carboxylic acids is 1. The van der Waals surface area contributed by atoms with Gasteiger partial charge in [-0.1, -0.05) is 31.3 Å². The van der Waals surface area contributed by atoms with E-state index in [0.29, 0.717) is 29.5 Å². The number of carbonyl (C=O) groups is 1. The van der Waals surface area contributed by atoms with E-state index in [4.69, 9.17) is 4.98 Å². The molecule has 1 aromatic heterocycles. The number of fused-ring (bicyclic) bond motifs is 1. The number of likely N-dealkylation sites (N-methyl/N-ethyl adjacent to an activating group) is 1.